The average molecular weight is 1110 g/mol. The summed E-state index contributed by atoms with van der Waals surface area (Å²) in [6.45, 7) is 2.01. The van der Waals surface area contributed by atoms with Crippen LogP contribution in [0.2, 0.25) is 0 Å². The van der Waals surface area contributed by atoms with Crippen LogP contribution >= 0.6 is 0 Å². The number of piperidine rings is 1. The van der Waals surface area contributed by atoms with Gasteiger partial charge in [0.2, 0.25) is 29.5 Å². The highest BCUT2D eigenvalue weighted by molar-refractivity contribution is 6.07. The molecule has 0 aromatic heterocycles. The van der Waals surface area contributed by atoms with E-state index >= 15 is 0 Å². The highest BCUT2D eigenvalue weighted by Crippen LogP contribution is 2.46. The average Bonchev–Trinajstić information content (AvgIpc) is 4.18. The van der Waals surface area contributed by atoms with E-state index < -0.39 is 35.5 Å². The minimum Gasteiger partial charge on any atom is -0.466 e. The van der Waals surface area contributed by atoms with E-state index in [9.17, 15) is 33.6 Å². The molecule has 4 aliphatic heterocycles. The van der Waals surface area contributed by atoms with Crippen molar-refractivity contribution in [3.8, 4) is 0 Å². The van der Waals surface area contributed by atoms with Gasteiger partial charge in [-0.3, -0.25) is 34.1 Å². The molecule has 4 heterocycles. The van der Waals surface area contributed by atoms with Gasteiger partial charge in [-0.05, 0) is 59.4 Å². The van der Waals surface area contributed by atoms with Crippen LogP contribution in [0.3, 0.4) is 0 Å². The van der Waals surface area contributed by atoms with Crippen LogP contribution in [0.25, 0.3) is 0 Å². The number of hydrogen-bond donors (Lipinski definition) is 3. The lowest BCUT2D eigenvalue weighted by molar-refractivity contribution is -0.143. The molecule has 4 atom stereocenters. The highest BCUT2D eigenvalue weighted by atomic mass is 16.6. The van der Waals surface area contributed by atoms with Crippen LogP contribution in [-0.4, -0.2) is 135 Å². The normalized spacial score (nSPS) is 19.9. The van der Waals surface area contributed by atoms with Gasteiger partial charge in [0.25, 0.3) is 11.8 Å². The zero-order valence-electron chi connectivity index (χ0n) is 45.3. The number of amides is 6. The second kappa shape index (κ2) is 26.8. The number of imide groups is 1. The Morgan fingerprint density at radius 3 is 2.24 bits per heavy atom. The van der Waals surface area contributed by atoms with Crippen LogP contribution in [0, 0.1) is 0 Å². The maximum absolute atomic E-state index is 14.9. The lowest BCUT2D eigenvalue weighted by Gasteiger charge is -2.32. The number of aliphatic imine (C=N–C) groups is 1. The van der Waals surface area contributed by atoms with E-state index in [0.29, 0.717) is 60.9 Å². The molecule has 2 unspecified atom stereocenters. The molecule has 5 aliphatic rings. The quantitative estimate of drug-likeness (QED) is 0.0356. The summed E-state index contributed by atoms with van der Waals surface area (Å²) in [6.07, 6.45) is 6.23. The summed E-state index contributed by atoms with van der Waals surface area (Å²) < 4.78 is 34.7. The number of carbonyl (C=O) groups excluding carboxylic acids is 7. The second-order valence-corrected chi connectivity index (χ2v) is 20.4. The molecule has 6 amide bonds. The summed E-state index contributed by atoms with van der Waals surface area (Å²) in [5.41, 5.74) is 6.13. The van der Waals surface area contributed by atoms with Crippen molar-refractivity contribution in [1.82, 2.24) is 20.4 Å². The van der Waals surface area contributed by atoms with Crippen molar-refractivity contribution < 1.29 is 62.0 Å². The fourth-order valence-corrected chi connectivity index (χ4v) is 10.7. The minimum absolute atomic E-state index is 0.0389. The van der Waals surface area contributed by atoms with Gasteiger partial charge in [-0.15, -0.1) is 0 Å². The lowest BCUT2D eigenvalue weighted by atomic mass is 9.81. The van der Waals surface area contributed by atoms with Gasteiger partial charge in [0.1, 0.15) is 19.3 Å². The Bertz CT molecular complexity index is 3260. The van der Waals surface area contributed by atoms with Gasteiger partial charge in [0.05, 0.1) is 58.4 Å². The summed E-state index contributed by atoms with van der Waals surface area (Å²) in [5, 5.41) is 7.97. The number of esters is 1. The van der Waals surface area contributed by atoms with Crippen molar-refractivity contribution in [2.75, 3.05) is 71.3 Å². The van der Waals surface area contributed by atoms with Crippen LogP contribution in [0.4, 0.5) is 5.69 Å². The monoisotopic (exact) mass is 1110 g/mol. The van der Waals surface area contributed by atoms with Crippen molar-refractivity contribution in [3.05, 3.63) is 196 Å². The van der Waals surface area contributed by atoms with E-state index in [1.807, 2.05) is 121 Å². The Hall–Kier alpha value is -8.62. The summed E-state index contributed by atoms with van der Waals surface area (Å²) in [5.74, 6) is -2.18. The fraction of sp³-hybridized carbons (Fsp3) is 0.333. The number of carbonyl (C=O) groups is 7. The molecule has 0 bridgehead atoms. The summed E-state index contributed by atoms with van der Waals surface area (Å²) in [7, 11) is 0. The first-order chi connectivity index (χ1) is 40.0. The zero-order chi connectivity index (χ0) is 56.8. The number of nitrogens with zero attached hydrogens (tertiary/aromatic N) is 3. The number of rotatable bonds is 25. The van der Waals surface area contributed by atoms with E-state index in [0.717, 1.165) is 33.4 Å². The van der Waals surface area contributed by atoms with Crippen LogP contribution < -0.4 is 16.0 Å². The van der Waals surface area contributed by atoms with Gasteiger partial charge in [0.15, 0.2) is 11.6 Å². The zero-order valence-corrected chi connectivity index (χ0v) is 45.3. The predicted molar refractivity (Wildman–Crippen MR) is 300 cm³/mol. The molecule has 0 saturated carbocycles. The Labute approximate surface area is 474 Å². The van der Waals surface area contributed by atoms with E-state index in [4.69, 9.17) is 33.4 Å². The number of allylic oxidation sites excluding steroid dienone is 2. The fourth-order valence-electron chi connectivity index (χ4n) is 10.7. The molecule has 82 heavy (non-hydrogen) atoms. The van der Waals surface area contributed by atoms with Crippen LogP contribution in [0.5, 0.6) is 0 Å². The van der Waals surface area contributed by atoms with Crippen molar-refractivity contribution in [1.29, 1.82) is 0 Å². The van der Waals surface area contributed by atoms with E-state index in [2.05, 4.69) is 16.0 Å². The maximum atomic E-state index is 14.9. The SMILES string of the molecule is O=C(CN1Cc2ccccc2[C@@H]2OC(c3ccccc3)=N[C@]2(Cc2ccccc2)C1=O)NCCOCCOCc1ccc(C2C=CC(C(=O)OCCOCCOCC(=O)Nc3cccc4c3CN(C3CCC(=O)NC3=O)C4=O)=CC2)cc1. The number of benzene rings is 5. The van der Waals surface area contributed by atoms with E-state index in [1.165, 1.54) is 4.90 Å². The van der Waals surface area contributed by atoms with Gasteiger partial charge in [0, 0.05) is 66.3 Å². The highest BCUT2D eigenvalue weighted by Gasteiger charge is 2.57. The Balaban J connectivity index is 0.579. The van der Waals surface area contributed by atoms with Crippen LogP contribution in [0.1, 0.15) is 80.6 Å². The number of anilines is 1. The van der Waals surface area contributed by atoms with Gasteiger partial charge in [-0.1, -0.05) is 121 Å². The molecule has 10 rings (SSSR count). The van der Waals surface area contributed by atoms with E-state index in [1.54, 1.807) is 29.2 Å². The Kier molecular flexibility index (Phi) is 18.5. The maximum Gasteiger partial charge on any atom is 0.337 e. The molecule has 19 heteroatoms. The first-order valence-electron chi connectivity index (χ1n) is 27.5. The molecule has 1 aliphatic carbocycles. The molecule has 5 aromatic carbocycles. The topological polar surface area (TPSA) is 230 Å². The molecule has 3 N–H and O–H groups in total. The standard InChI is InChI=1S/C63H64N6O13/c70-54-27-26-53(58(73)66-54)69-38-51-50(60(69)74)16-9-17-52(51)65-56(72)41-80-33-31-78-34-35-81-61(75)47-24-22-45(23-25-47)44-20-18-43(19-21-44)40-79-32-30-77-29-28-64-55(71)39-68-37-48-14-7-8-15-49(48)57-63(62(68)76,36-42-10-3-1-4-11-42)67-59(82-57)46-12-5-2-6-13-46/h1-22,24-25,45,53,57H,23,26-41H2,(H,64,71)(H,65,72)(H,66,70,73)/t45?,53?,57-,63-/m0/s1. The lowest BCUT2D eigenvalue weighted by Crippen LogP contribution is -2.52. The van der Waals surface area contributed by atoms with Gasteiger partial charge in [-0.25, -0.2) is 9.79 Å². The number of nitrogens with one attached hydrogen (secondary N) is 3. The third-order valence-corrected chi connectivity index (χ3v) is 14.9. The largest absolute Gasteiger partial charge is 0.466 e. The molecular formula is C63H64N6O13. The third-order valence-electron chi connectivity index (χ3n) is 14.9. The minimum atomic E-state index is -1.33. The number of fused-ring (bicyclic) bond motifs is 4. The van der Waals surface area contributed by atoms with Gasteiger partial charge >= 0.3 is 5.97 Å². The van der Waals surface area contributed by atoms with E-state index in [-0.39, 0.29) is 108 Å². The van der Waals surface area contributed by atoms with Crippen LogP contribution in [-0.2, 0) is 83.3 Å². The number of ether oxygens (including phenoxy) is 6. The smallest absolute Gasteiger partial charge is 0.337 e. The van der Waals surface area contributed by atoms with Crippen molar-refractivity contribution in [2.45, 2.75) is 69.0 Å². The Morgan fingerprint density at radius 1 is 0.732 bits per heavy atom. The molecule has 0 spiro atoms. The van der Waals surface area contributed by atoms with Crippen molar-refractivity contribution in [3.63, 3.8) is 0 Å². The van der Waals surface area contributed by atoms with Gasteiger partial charge in [-0.2, -0.15) is 0 Å². The molecular weight excluding hydrogens is 1050 g/mol. The van der Waals surface area contributed by atoms with Crippen molar-refractivity contribution >= 4 is 53.0 Å². The molecule has 19 nitrogen and oxygen atoms in total. The molecule has 1 saturated heterocycles. The first-order valence-corrected chi connectivity index (χ1v) is 27.5. The van der Waals surface area contributed by atoms with Gasteiger partial charge < -0.3 is 48.9 Å². The molecule has 0 radical (unpaired) electrons. The molecule has 1 fully saturated rings. The van der Waals surface area contributed by atoms with Crippen LogP contribution in [0.15, 0.2) is 156 Å². The summed E-state index contributed by atoms with van der Waals surface area (Å²) in [4.78, 5) is 98.9. The predicted octanol–water partition coefficient (Wildman–Crippen LogP) is 5.82. The van der Waals surface area contributed by atoms with Crippen molar-refractivity contribution in [2.24, 2.45) is 4.99 Å². The summed E-state index contributed by atoms with van der Waals surface area (Å²) >= 11 is 0. The summed E-state index contributed by atoms with van der Waals surface area (Å²) in [6, 6.07) is 39.5. The third kappa shape index (κ3) is 13.6. The number of hydrogen-bond acceptors (Lipinski definition) is 14. The molecule has 424 valence electrons. The molecule has 5 aromatic rings. The first kappa shape index (κ1) is 56.6. The Morgan fingerprint density at radius 2 is 1.46 bits per heavy atom. The second-order valence-electron chi connectivity index (χ2n) is 20.4.